The zero-order chi connectivity index (χ0) is 19.6. The summed E-state index contributed by atoms with van der Waals surface area (Å²) in [4.78, 5) is 19.5. The van der Waals surface area contributed by atoms with Gasteiger partial charge in [-0.05, 0) is 24.3 Å². The fourth-order valence-electron chi connectivity index (χ4n) is 2.61. The number of amides is 1. The van der Waals surface area contributed by atoms with Gasteiger partial charge in [0, 0.05) is 42.2 Å². The number of hydrogen-bond donors (Lipinski definition) is 3. The second-order valence-electron chi connectivity index (χ2n) is 5.88. The van der Waals surface area contributed by atoms with Crippen LogP contribution in [-0.4, -0.2) is 22.4 Å². The number of hydrogen-bond acceptors (Lipinski definition) is 5. The van der Waals surface area contributed by atoms with Gasteiger partial charge in [-0.2, -0.15) is 13.2 Å². The molecule has 0 spiro atoms. The van der Waals surface area contributed by atoms with Crippen molar-refractivity contribution >= 4 is 17.3 Å². The third-order valence-electron chi connectivity index (χ3n) is 3.87. The lowest BCUT2D eigenvalue weighted by Crippen LogP contribution is -2.30. The van der Waals surface area contributed by atoms with E-state index in [4.69, 9.17) is 5.73 Å². The largest absolute Gasteiger partial charge is 0.417 e. The molecule has 0 atom stereocenters. The number of aromatic nitrogens is 2. The summed E-state index contributed by atoms with van der Waals surface area (Å²) in [5, 5.41) is 5.62. The first-order valence-corrected chi connectivity index (χ1v) is 7.99. The van der Waals surface area contributed by atoms with Crippen LogP contribution in [0.2, 0.25) is 0 Å². The first kappa shape index (κ1) is 18.4. The Balaban J connectivity index is 1.93. The molecule has 9 heteroatoms. The van der Waals surface area contributed by atoms with Crippen molar-refractivity contribution in [2.24, 2.45) is 0 Å². The van der Waals surface area contributed by atoms with Crippen molar-refractivity contribution in [2.45, 2.75) is 12.6 Å². The zero-order valence-corrected chi connectivity index (χ0v) is 14.1. The van der Waals surface area contributed by atoms with Gasteiger partial charge in [0.25, 0.3) is 0 Å². The van der Waals surface area contributed by atoms with E-state index < -0.39 is 11.7 Å². The van der Waals surface area contributed by atoms with Gasteiger partial charge < -0.3 is 16.4 Å². The number of nitrogens with one attached hydrogen (secondary N) is 2. The molecule has 3 rings (SSSR count). The maximum Gasteiger partial charge on any atom is 0.417 e. The number of carbonyl (C=O) groups excluding carboxylic acids is 1. The summed E-state index contributed by atoms with van der Waals surface area (Å²) in [6.45, 7) is 4.33. The molecule has 4 N–H and O–H groups in total. The molecule has 2 aromatic rings. The van der Waals surface area contributed by atoms with E-state index in [-0.39, 0.29) is 23.0 Å². The molecule has 1 aliphatic heterocycles. The number of anilines is 1. The Labute approximate surface area is 153 Å². The summed E-state index contributed by atoms with van der Waals surface area (Å²) in [5.74, 6) is -0.324. The maximum absolute atomic E-state index is 13.3. The van der Waals surface area contributed by atoms with Crippen LogP contribution in [0.5, 0.6) is 0 Å². The fourth-order valence-corrected chi connectivity index (χ4v) is 2.61. The van der Waals surface area contributed by atoms with Crippen LogP contribution in [0, 0.1) is 0 Å². The number of benzene rings is 1. The average molecular weight is 375 g/mol. The van der Waals surface area contributed by atoms with Crippen LogP contribution in [0.1, 0.15) is 17.7 Å². The van der Waals surface area contributed by atoms with E-state index in [9.17, 15) is 18.0 Å². The van der Waals surface area contributed by atoms with Crippen LogP contribution in [0.4, 0.5) is 18.9 Å². The van der Waals surface area contributed by atoms with Gasteiger partial charge in [0.2, 0.25) is 5.91 Å². The van der Waals surface area contributed by atoms with Crippen LogP contribution >= 0.6 is 0 Å². The van der Waals surface area contributed by atoms with Gasteiger partial charge in [-0.3, -0.25) is 4.79 Å². The van der Waals surface area contributed by atoms with Crippen LogP contribution in [0.25, 0.3) is 17.1 Å². The van der Waals surface area contributed by atoms with Gasteiger partial charge in [-0.1, -0.05) is 6.58 Å². The van der Waals surface area contributed by atoms with Gasteiger partial charge in [0.15, 0.2) is 5.82 Å². The van der Waals surface area contributed by atoms with E-state index in [1.165, 1.54) is 30.5 Å². The van der Waals surface area contributed by atoms with Crippen molar-refractivity contribution in [1.82, 2.24) is 20.6 Å². The summed E-state index contributed by atoms with van der Waals surface area (Å²) in [5.41, 5.74) is 5.71. The molecule has 0 saturated carbocycles. The minimum Gasteiger partial charge on any atom is -0.399 e. The number of rotatable bonds is 4. The maximum atomic E-state index is 13.3. The van der Waals surface area contributed by atoms with Gasteiger partial charge in [0.1, 0.15) is 0 Å². The molecule has 0 radical (unpaired) electrons. The standard InChI is InChI=1S/C18H16F3N5O/c1-10(25-12-4-6-23-16(27)9-12)15-5-7-24-17(26-15)13-3-2-11(22)8-14(13)18(19,20)21/h2-3,5,7-9,25H,1,4,6,22H2,(H,23,27). The SMILES string of the molecule is C=C(NC1=CC(=O)NCC1)c1ccnc(-c2ccc(N)cc2C(F)(F)F)n1. The van der Waals surface area contributed by atoms with Crippen molar-refractivity contribution in [3.63, 3.8) is 0 Å². The molecule has 27 heavy (non-hydrogen) atoms. The summed E-state index contributed by atoms with van der Waals surface area (Å²) >= 11 is 0. The van der Waals surface area contributed by atoms with Crippen LogP contribution < -0.4 is 16.4 Å². The van der Waals surface area contributed by atoms with Crippen molar-refractivity contribution in [2.75, 3.05) is 12.3 Å². The molecular weight excluding hydrogens is 359 g/mol. The van der Waals surface area contributed by atoms with Gasteiger partial charge >= 0.3 is 6.18 Å². The van der Waals surface area contributed by atoms with Gasteiger partial charge in [0.05, 0.1) is 17.0 Å². The Morgan fingerprint density at radius 1 is 1.30 bits per heavy atom. The second kappa shape index (κ2) is 7.10. The molecule has 0 aliphatic carbocycles. The molecule has 0 bridgehead atoms. The molecule has 6 nitrogen and oxygen atoms in total. The first-order chi connectivity index (χ1) is 12.7. The molecule has 1 aromatic heterocycles. The van der Waals surface area contributed by atoms with Gasteiger partial charge in [-0.25, -0.2) is 9.97 Å². The van der Waals surface area contributed by atoms with E-state index in [2.05, 4.69) is 27.2 Å². The second-order valence-corrected chi connectivity index (χ2v) is 5.88. The molecule has 0 fully saturated rings. The fraction of sp³-hybridized carbons (Fsp3) is 0.167. The Morgan fingerprint density at radius 3 is 2.78 bits per heavy atom. The number of carbonyl (C=O) groups is 1. The summed E-state index contributed by atoms with van der Waals surface area (Å²) in [6.07, 6.45) is -1.26. The highest BCUT2D eigenvalue weighted by atomic mass is 19.4. The minimum atomic E-state index is -4.60. The minimum absolute atomic E-state index is 0.00387. The van der Waals surface area contributed by atoms with Crippen molar-refractivity contribution in [1.29, 1.82) is 0 Å². The van der Waals surface area contributed by atoms with E-state index in [1.54, 1.807) is 0 Å². The van der Waals surface area contributed by atoms with E-state index in [0.29, 0.717) is 30.1 Å². The quantitative estimate of drug-likeness (QED) is 0.715. The molecule has 140 valence electrons. The summed E-state index contributed by atoms with van der Waals surface area (Å²) in [7, 11) is 0. The summed E-state index contributed by atoms with van der Waals surface area (Å²) in [6, 6.07) is 4.97. The average Bonchev–Trinajstić information content (AvgIpc) is 2.61. The number of alkyl halides is 3. The van der Waals surface area contributed by atoms with E-state index in [1.807, 2.05) is 0 Å². The Bertz CT molecular complexity index is 937. The number of nitrogens with two attached hydrogens (primary N) is 1. The van der Waals surface area contributed by atoms with Crippen molar-refractivity contribution < 1.29 is 18.0 Å². The zero-order valence-electron chi connectivity index (χ0n) is 14.1. The Morgan fingerprint density at radius 2 is 2.07 bits per heavy atom. The predicted molar refractivity (Wildman–Crippen MR) is 94.8 cm³/mol. The molecule has 1 aromatic carbocycles. The van der Waals surface area contributed by atoms with E-state index >= 15 is 0 Å². The lowest BCUT2D eigenvalue weighted by molar-refractivity contribution is -0.137. The first-order valence-electron chi connectivity index (χ1n) is 7.99. The highest BCUT2D eigenvalue weighted by Crippen LogP contribution is 2.37. The Hall–Kier alpha value is -3.36. The molecule has 0 saturated heterocycles. The van der Waals surface area contributed by atoms with Gasteiger partial charge in [-0.15, -0.1) is 0 Å². The lowest BCUT2D eigenvalue weighted by atomic mass is 10.1. The molecule has 1 amide bonds. The highest BCUT2D eigenvalue weighted by molar-refractivity contribution is 5.89. The number of halogens is 3. The van der Waals surface area contributed by atoms with Crippen molar-refractivity contribution in [3.05, 3.63) is 60.1 Å². The lowest BCUT2D eigenvalue weighted by Gasteiger charge is -2.17. The van der Waals surface area contributed by atoms with Crippen LogP contribution in [0.15, 0.2) is 48.8 Å². The summed E-state index contributed by atoms with van der Waals surface area (Å²) < 4.78 is 40.0. The Kier molecular flexibility index (Phi) is 4.85. The third kappa shape index (κ3) is 4.25. The third-order valence-corrected chi connectivity index (χ3v) is 3.87. The smallest absolute Gasteiger partial charge is 0.399 e. The van der Waals surface area contributed by atoms with Crippen LogP contribution in [-0.2, 0) is 11.0 Å². The van der Waals surface area contributed by atoms with Crippen molar-refractivity contribution in [3.8, 4) is 11.4 Å². The molecular formula is C18H16F3N5O. The number of nitrogen functional groups attached to an aromatic ring is 1. The molecule has 0 unspecified atom stereocenters. The predicted octanol–water partition coefficient (Wildman–Crippen LogP) is 2.71. The van der Waals surface area contributed by atoms with E-state index in [0.717, 1.165) is 6.07 Å². The monoisotopic (exact) mass is 375 g/mol. The highest BCUT2D eigenvalue weighted by Gasteiger charge is 2.34. The normalized spacial score (nSPS) is 14.3. The molecule has 1 aliphatic rings. The topological polar surface area (TPSA) is 92.9 Å². The number of nitrogens with zero attached hydrogens (tertiary/aromatic N) is 2. The molecule has 2 heterocycles. The van der Waals surface area contributed by atoms with Crippen LogP contribution in [0.3, 0.4) is 0 Å².